The lowest BCUT2D eigenvalue weighted by molar-refractivity contribution is 0.226. The van der Waals surface area contributed by atoms with Crippen LogP contribution in [0.15, 0.2) is 24.3 Å². The van der Waals surface area contributed by atoms with Crippen LogP contribution < -0.4 is 5.73 Å². The van der Waals surface area contributed by atoms with Gasteiger partial charge in [-0.25, -0.2) is 0 Å². The molecule has 0 amide bonds. The van der Waals surface area contributed by atoms with Crippen LogP contribution in [0.3, 0.4) is 0 Å². The summed E-state index contributed by atoms with van der Waals surface area (Å²) in [4.78, 5) is 2.60. The summed E-state index contributed by atoms with van der Waals surface area (Å²) in [5, 5.41) is 1.85. The first-order valence-electron chi connectivity index (χ1n) is 6.02. The van der Waals surface area contributed by atoms with Gasteiger partial charge in [0.15, 0.2) is 0 Å². The molecule has 1 aromatic carbocycles. The molecule has 3 heterocycles. The summed E-state index contributed by atoms with van der Waals surface area (Å²) in [5.74, 6) is 0. The average Bonchev–Trinajstić information content (AvgIpc) is 2.27. The quantitative estimate of drug-likeness (QED) is 0.811. The van der Waals surface area contributed by atoms with E-state index >= 15 is 0 Å². The number of fused-ring (bicyclic) bond motifs is 2. The van der Waals surface area contributed by atoms with E-state index in [9.17, 15) is 0 Å². The molecule has 3 fully saturated rings. The maximum Gasteiger partial charge on any atom is 0.0347 e. The predicted molar refractivity (Wildman–Crippen MR) is 70.8 cm³/mol. The minimum atomic E-state index is 0.923. The molecular weight excluding hydrogens is 216 g/mol. The van der Waals surface area contributed by atoms with Crippen molar-refractivity contribution in [3.05, 3.63) is 29.8 Å². The van der Waals surface area contributed by atoms with Crippen molar-refractivity contribution in [3.63, 3.8) is 0 Å². The first kappa shape index (κ1) is 10.5. The highest BCUT2D eigenvalue weighted by molar-refractivity contribution is 8.02. The van der Waals surface area contributed by atoms with Crippen LogP contribution in [0.25, 0.3) is 0 Å². The Labute approximate surface area is 101 Å². The summed E-state index contributed by atoms with van der Waals surface area (Å²) in [5.41, 5.74) is 8.19. The third-order valence-corrected chi connectivity index (χ3v) is 5.04. The molecule has 3 aliphatic rings. The average molecular weight is 234 g/mol. The summed E-state index contributed by atoms with van der Waals surface area (Å²) in [7, 11) is 0. The molecular formula is C13H18N2S. The summed E-state index contributed by atoms with van der Waals surface area (Å²) in [6, 6.07) is 8.23. The molecule has 2 N–H and O–H groups in total. The van der Waals surface area contributed by atoms with E-state index in [2.05, 4.69) is 28.8 Å². The molecule has 0 saturated carbocycles. The third-order valence-electron chi connectivity index (χ3n) is 3.59. The minimum Gasteiger partial charge on any atom is -0.399 e. The van der Waals surface area contributed by atoms with Crippen LogP contribution in [0.5, 0.6) is 0 Å². The second-order valence-electron chi connectivity index (χ2n) is 4.82. The Morgan fingerprint density at radius 2 is 1.94 bits per heavy atom. The van der Waals surface area contributed by atoms with Gasteiger partial charge in [0.25, 0.3) is 0 Å². The van der Waals surface area contributed by atoms with E-state index in [1.165, 1.54) is 31.6 Å². The molecule has 2 atom stereocenters. The molecule has 0 aromatic heterocycles. The van der Waals surface area contributed by atoms with E-state index in [4.69, 9.17) is 5.73 Å². The number of hydrogen-bond donors (Lipinski definition) is 1. The summed E-state index contributed by atoms with van der Waals surface area (Å²) < 4.78 is 0. The van der Waals surface area contributed by atoms with E-state index in [1.54, 1.807) is 0 Å². The maximum atomic E-state index is 5.95. The number of thioether (sulfide) groups is 1. The van der Waals surface area contributed by atoms with Gasteiger partial charge in [0.05, 0.1) is 0 Å². The van der Waals surface area contributed by atoms with E-state index in [1.807, 2.05) is 12.1 Å². The van der Waals surface area contributed by atoms with Crippen molar-refractivity contribution in [2.75, 3.05) is 25.4 Å². The molecule has 2 unspecified atom stereocenters. The van der Waals surface area contributed by atoms with Crippen molar-refractivity contribution >= 4 is 17.4 Å². The Bertz CT molecular complexity index is 364. The first-order valence-corrected chi connectivity index (χ1v) is 6.97. The van der Waals surface area contributed by atoms with Crippen molar-refractivity contribution in [1.82, 2.24) is 4.90 Å². The minimum absolute atomic E-state index is 0.923. The SMILES string of the molecule is Nc1ccccc1CCN1CC2CC(C1)S2. The van der Waals surface area contributed by atoms with Gasteiger partial charge in [-0.15, -0.1) is 0 Å². The lowest BCUT2D eigenvalue weighted by Crippen LogP contribution is -2.51. The molecule has 3 aliphatic heterocycles. The van der Waals surface area contributed by atoms with Crippen LogP contribution >= 0.6 is 11.8 Å². The van der Waals surface area contributed by atoms with Gasteiger partial charge in [-0.1, -0.05) is 18.2 Å². The normalized spacial score (nSPS) is 28.8. The smallest absolute Gasteiger partial charge is 0.0347 e. The fourth-order valence-corrected chi connectivity index (χ4v) is 4.13. The molecule has 0 aliphatic carbocycles. The number of anilines is 1. The molecule has 4 rings (SSSR count). The van der Waals surface area contributed by atoms with Gasteiger partial charge in [0.2, 0.25) is 0 Å². The number of nitrogens with two attached hydrogens (primary N) is 1. The van der Waals surface area contributed by atoms with E-state index in [0.717, 1.165) is 22.6 Å². The highest BCUT2D eigenvalue weighted by atomic mass is 32.2. The molecule has 86 valence electrons. The summed E-state index contributed by atoms with van der Waals surface area (Å²) >= 11 is 2.18. The molecule has 1 aromatic rings. The highest BCUT2D eigenvalue weighted by Crippen LogP contribution is 2.41. The zero-order valence-electron chi connectivity index (χ0n) is 9.43. The van der Waals surface area contributed by atoms with E-state index in [0.29, 0.717) is 0 Å². The van der Waals surface area contributed by atoms with Crippen LogP contribution in [-0.4, -0.2) is 35.0 Å². The molecule has 0 radical (unpaired) electrons. The van der Waals surface area contributed by atoms with Gasteiger partial charge in [0, 0.05) is 35.8 Å². The Balaban J connectivity index is 1.55. The topological polar surface area (TPSA) is 29.3 Å². The van der Waals surface area contributed by atoms with Crippen LogP contribution in [-0.2, 0) is 6.42 Å². The van der Waals surface area contributed by atoms with Gasteiger partial charge in [-0.05, 0) is 24.5 Å². The van der Waals surface area contributed by atoms with Gasteiger partial charge < -0.3 is 10.6 Å². The first-order chi connectivity index (χ1) is 7.81. The number of rotatable bonds is 3. The Kier molecular flexibility index (Phi) is 2.82. The Morgan fingerprint density at radius 3 is 2.62 bits per heavy atom. The van der Waals surface area contributed by atoms with Gasteiger partial charge in [0.1, 0.15) is 0 Å². The van der Waals surface area contributed by atoms with Crippen molar-refractivity contribution in [3.8, 4) is 0 Å². The lowest BCUT2D eigenvalue weighted by atomic mass is 10.1. The molecule has 0 spiro atoms. The standard InChI is InChI=1S/C13H18N2S/c14-13-4-2-1-3-10(13)5-6-15-8-11-7-12(9-15)16-11/h1-4,11-12H,5-9,14H2. The fourth-order valence-electron chi connectivity index (χ4n) is 2.66. The van der Waals surface area contributed by atoms with Crippen LogP contribution in [0.4, 0.5) is 5.69 Å². The zero-order valence-corrected chi connectivity index (χ0v) is 10.2. The fraction of sp³-hybridized carbons (Fsp3) is 0.538. The van der Waals surface area contributed by atoms with Crippen LogP contribution in [0.2, 0.25) is 0 Å². The zero-order chi connectivity index (χ0) is 11.0. The van der Waals surface area contributed by atoms with Crippen molar-refractivity contribution in [1.29, 1.82) is 0 Å². The van der Waals surface area contributed by atoms with Crippen LogP contribution in [0.1, 0.15) is 12.0 Å². The van der Waals surface area contributed by atoms with Gasteiger partial charge in [-0.2, -0.15) is 11.8 Å². The summed E-state index contributed by atoms with van der Waals surface area (Å²) in [6.45, 7) is 3.74. The monoisotopic (exact) mass is 234 g/mol. The van der Waals surface area contributed by atoms with Crippen molar-refractivity contribution in [2.24, 2.45) is 0 Å². The molecule has 2 nitrogen and oxygen atoms in total. The number of hydrogen-bond acceptors (Lipinski definition) is 3. The number of nitrogens with zero attached hydrogens (tertiary/aromatic N) is 1. The molecule has 3 saturated heterocycles. The Morgan fingerprint density at radius 1 is 1.25 bits per heavy atom. The lowest BCUT2D eigenvalue weighted by Gasteiger charge is -2.46. The Hall–Kier alpha value is -0.670. The second-order valence-corrected chi connectivity index (χ2v) is 6.43. The third kappa shape index (κ3) is 2.06. The summed E-state index contributed by atoms with van der Waals surface area (Å²) in [6.07, 6.45) is 2.55. The van der Waals surface area contributed by atoms with Crippen molar-refractivity contribution in [2.45, 2.75) is 23.3 Å². The predicted octanol–water partition coefficient (Wildman–Crippen LogP) is 2.00. The number of benzene rings is 1. The van der Waals surface area contributed by atoms with E-state index in [-0.39, 0.29) is 0 Å². The molecule has 16 heavy (non-hydrogen) atoms. The van der Waals surface area contributed by atoms with Crippen molar-refractivity contribution < 1.29 is 0 Å². The number of para-hydroxylation sites is 1. The van der Waals surface area contributed by atoms with E-state index < -0.39 is 0 Å². The number of piperidine rings is 1. The van der Waals surface area contributed by atoms with Gasteiger partial charge >= 0.3 is 0 Å². The van der Waals surface area contributed by atoms with Crippen LogP contribution in [0, 0.1) is 0 Å². The van der Waals surface area contributed by atoms with Gasteiger partial charge in [-0.3, -0.25) is 0 Å². The highest BCUT2D eigenvalue weighted by Gasteiger charge is 2.37. The molecule has 2 bridgehead atoms. The second kappa shape index (κ2) is 4.30. The number of nitrogen functional groups attached to an aromatic ring is 1. The molecule has 3 heteroatoms. The largest absolute Gasteiger partial charge is 0.399 e. The maximum absolute atomic E-state index is 5.95.